The summed E-state index contributed by atoms with van der Waals surface area (Å²) in [5.41, 5.74) is 7.46. The highest BCUT2D eigenvalue weighted by Crippen LogP contribution is 2.34. The van der Waals surface area contributed by atoms with Crippen LogP contribution < -0.4 is 5.73 Å². The van der Waals surface area contributed by atoms with E-state index >= 15 is 0 Å². The number of nitrogens with two attached hydrogens (primary N) is 1. The van der Waals surface area contributed by atoms with Crippen LogP contribution in [0.4, 0.5) is 5.82 Å². The smallest absolute Gasteiger partial charge is 0.303 e. The van der Waals surface area contributed by atoms with Crippen molar-refractivity contribution in [1.29, 1.82) is 0 Å². The van der Waals surface area contributed by atoms with E-state index in [0.29, 0.717) is 29.5 Å². The molecule has 1 unspecified atom stereocenters. The molecule has 0 aliphatic heterocycles. The van der Waals surface area contributed by atoms with E-state index in [1.807, 2.05) is 31.2 Å². The van der Waals surface area contributed by atoms with Crippen LogP contribution in [0.1, 0.15) is 39.9 Å². The van der Waals surface area contributed by atoms with Crippen molar-refractivity contribution in [2.45, 2.75) is 39.7 Å². The Morgan fingerprint density at radius 2 is 2.00 bits per heavy atom. The van der Waals surface area contributed by atoms with Crippen LogP contribution >= 0.6 is 0 Å². The summed E-state index contributed by atoms with van der Waals surface area (Å²) in [5.74, 6) is 0.966. The number of pyridine rings is 1. The molecule has 2 heterocycles. The Bertz CT molecular complexity index is 919. The second-order valence-electron chi connectivity index (χ2n) is 6.75. The molecule has 0 saturated carbocycles. The Kier molecular flexibility index (Phi) is 4.99. The number of carbonyl (C=O) groups excluding carboxylic acids is 1. The highest BCUT2D eigenvalue weighted by atomic mass is 16.6. The summed E-state index contributed by atoms with van der Waals surface area (Å²) in [7, 11) is 0. The molecule has 0 amide bonds. The highest BCUT2D eigenvalue weighted by molar-refractivity contribution is 6.06. The first-order valence-electron chi connectivity index (χ1n) is 8.04. The molecular formula is C18H24N4O3. The lowest BCUT2D eigenvalue weighted by atomic mass is 9.93. The summed E-state index contributed by atoms with van der Waals surface area (Å²) in [6.07, 6.45) is 0.650. The van der Waals surface area contributed by atoms with E-state index in [4.69, 9.17) is 15.5 Å². The zero-order chi connectivity index (χ0) is 17.5. The second-order valence-corrected chi connectivity index (χ2v) is 6.75. The molecule has 0 radical (unpaired) electrons. The average molecular weight is 344 g/mol. The van der Waals surface area contributed by atoms with Gasteiger partial charge >= 0.3 is 5.97 Å². The number of hydrogen-bond donors (Lipinski definition) is 2. The van der Waals surface area contributed by atoms with Gasteiger partial charge in [-0.15, -0.1) is 0 Å². The van der Waals surface area contributed by atoms with Crippen LogP contribution in [0.3, 0.4) is 0 Å². The van der Waals surface area contributed by atoms with Gasteiger partial charge in [-0.05, 0) is 25.3 Å². The van der Waals surface area contributed by atoms with Gasteiger partial charge in [0.25, 0.3) is 0 Å². The van der Waals surface area contributed by atoms with Crippen molar-refractivity contribution in [3.8, 4) is 0 Å². The van der Waals surface area contributed by atoms with Gasteiger partial charge in [0.1, 0.15) is 16.9 Å². The third kappa shape index (κ3) is 3.41. The molecule has 7 heteroatoms. The van der Waals surface area contributed by atoms with E-state index in [2.05, 4.69) is 23.8 Å². The molecule has 1 aromatic carbocycles. The lowest BCUT2D eigenvalue weighted by Crippen LogP contribution is -2.31. The summed E-state index contributed by atoms with van der Waals surface area (Å²) >= 11 is 0. The zero-order valence-corrected chi connectivity index (χ0v) is 14.9. The summed E-state index contributed by atoms with van der Waals surface area (Å²) in [4.78, 5) is 24.0. The van der Waals surface area contributed by atoms with Gasteiger partial charge in [-0.2, -0.15) is 0 Å². The van der Waals surface area contributed by atoms with Gasteiger partial charge in [0, 0.05) is 12.3 Å². The molecule has 0 aliphatic carbocycles. The molecule has 0 aliphatic rings. The Labute approximate surface area is 145 Å². The number of imidazole rings is 1. The van der Waals surface area contributed by atoms with Crippen LogP contribution in [-0.2, 0) is 15.1 Å². The maximum absolute atomic E-state index is 11.6. The van der Waals surface area contributed by atoms with Gasteiger partial charge in [-0.3, -0.25) is 4.79 Å². The molecule has 2 aromatic heterocycles. The van der Waals surface area contributed by atoms with E-state index in [1.165, 1.54) is 6.92 Å². The van der Waals surface area contributed by atoms with Gasteiger partial charge in [-0.25, -0.2) is 9.97 Å². The summed E-state index contributed by atoms with van der Waals surface area (Å²) < 4.78 is 5.62. The third-order valence-corrected chi connectivity index (χ3v) is 4.03. The number of aromatic nitrogens is 3. The standard InChI is InChI=1S/C18H22N4O2.H2O/c1-10(2)9-18(4,24-11(3)23)17-21-14-12-7-5-6-8-13(12)20-16(19)15(14)22-17;/h5-8,10H,9H2,1-4H3,(H2,19,20)(H,21,22);1H2. The monoisotopic (exact) mass is 344 g/mol. The molecule has 0 bridgehead atoms. The molecular weight excluding hydrogens is 320 g/mol. The number of nitrogen functional groups attached to an aromatic ring is 1. The fraction of sp³-hybridized carbons (Fsp3) is 0.389. The summed E-state index contributed by atoms with van der Waals surface area (Å²) in [5, 5.41) is 0.916. The molecule has 3 aromatic rings. The Morgan fingerprint density at radius 1 is 1.32 bits per heavy atom. The van der Waals surface area contributed by atoms with Crippen molar-refractivity contribution in [2.75, 3.05) is 5.73 Å². The molecule has 0 saturated heterocycles. The number of hydrogen-bond acceptors (Lipinski definition) is 5. The van der Waals surface area contributed by atoms with Crippen LogP contribution in [0, 0.1) is 5.92 Å². The summed E-state index contributed by atoms with van der Waals surface area (Å²) in [6, 6.07) is 7.71. The lowest BCUT2D eigenvalue weighted by Gasteiger charge is -2.28. The Hall–Kier alpha value is -2.67. The number of aromatic amines is 1. The van der Waals surface area contributed by atoms with E-state index in [1.54, 1.807) is 0 Å². The lowest BCUT2D eigenvalue weighted by molar-refractivity contribution is -0.159. The molecule has 0 fully saturated rings. The van der Waals surface area contributed by atoms with Crippen molar-refractivity contribution in [1.82, 2.24) is 15.0 Å². The van der Waals surface area contributed by atoms with Crippen molar-refractivity contribution >= 4 is 33.7 Å². The number of rotatable bonds is 4. The van der Waals surface area contributed by atoms with E-state index < -0.39 is 5.60 Å². The average Bonchev–Trinajstić information content (AvgIpc) is 2.92. The van der Waals surface area contributed by atoms with Gasteiger partial charge in [0.15, 0.2) is 11.4 Å². The molecule has 5 N–H and O–H groups in total. The fourth-order valence-corrected chi connectivity index (χ4v) is 3.24. The van der Waals surface area contributed by atoms with Gasteiger partial charge in [0.05, 0.1) is 5.52 Å². The minimum Gasteiger partial charge on any atom is -0.451 e. The largest absolute Gasteiger partial charge is 0.451 e. The van der Waals surface area contributed by atoms with Crippen molar-refractivity contribution < 1.29 is 15.0 Å². The van der Waals surface area contributed by atoms with Crippen molar-refractivity contribution in [2.24, 2.45) is 5.92 Å². The predicted molar refractivity (Wildman–Crippen MR) is 98.0 cm³/mol. The number of para-hydroxylation sites is 1. The molecule has 25 heavy (non-hydrogen) atoms. The van der Waals surface area contributed by atoms with Crippen LogP contribution in [0.15, 0.2) is 24.3 Å². The van der Waals surface area contributed by atoms with Gasteiger partial charge in [0.2, 0.25) is 0 Å². The number of esters is 1. The maximum Gasteiger partial charge on any atom is 0.303 e. The first kappa shape index (κ1) is 18.7. The van der Waals surface area contributed by atoms with E-state index in [9.17, 15) is 4.79 Å². The number of benzene rings is 1. The third-order valence-electron chi connectivity index (χ3n) is 4.03. The van der Waals surface area contributed by atoms with Crippen molar-refractivity contribution in [3.63, 3.8) is 0 Å². The minimum atomic E-state index is -0.841. The van der Waals surface area contributed by atoms with Crippen LogP contribution in [0.5, 0.6) is 0 Å². The summed E-state index contributed by atoms with van der Waals surface area (Å²) in [6.45, 7) is 7.44. The first-order valence-corrected chi connectivity index (χ1v) is 8.04. The van der Waals surface area contributed by atoms with Crippen LogP contribution in [0.2, 0.25) is 0 Å². The van der Waals surface area contributed by atoms with Crippen molar-refractivity contribution in [3.05, 3.63) is 30.1 Å². The molecule has 0 spiro atoms. The quantitative estimate of drug-likeness (QED) is 0.704. The molecule has 3 rings (SSSR count). The minimum absolute atomic E-state index is 0. The normalized spacial score (nSPS) is 13.6. The number of nitrogens with zero attached hydrogens (tertiary/aromatic N) is 2. The van der Waals surface area contributed by atoms with E-state index in [0.717, 1.165) is 16.4 Å². The van der Waals surface area contributed by atoms with Gasteiger partial charge < -0.3 is 20.9 Å². The highest BCUT2D eigenvalue weighted by Gasteiger charge is 2.35. The Morgan fingerprint density at radius 3 is 2.64 bits per heavy atom. The number of nitrogens with one attached hydrogen (secondary N) is 1. The van der Waals surface area contributed by atoms with Gasteiger partial charge in [-0.1, -0.05) is 32.0 Å². The zero-order valence-electron chi connectivity index (χ0n) is 14.9. The molecule has 1 atom stereocenters. The van der Waals surface area contributed by atoms with Crippen LogP contribution in [-0.4, -0.2) is 26.4 Å². The second kappa shape index (κ2) is 6.68. The SMILES string of the molecule is CC(=O)OC(C)(CC(C)C)c1nc2c([nH]1)c(N)nc1ccccc12.O. The topological polar surface area (TPSA) is 125 Å². The number of ether oxygens (including phenoxy) is 1. The Balaban J connectivity index is 0.00000225. The number of H-pyrrole nitrogens is 1. The molecule has 134 valence electrons. The van der Waals surface area contributed by atoms with E-state index in [-0.39, 0.29) is 11.4 Å². The molecule has 7 nitrogen and oxygen atoms in total. The van der Waals surface area contributed by atoms with Crippen LogP contribution in [0.25, 0.3) is 21.9 Å². The first-order chi connectivity index (χ1) is 11.3. The number of anilines is 1. The fourth-order valence-electron chi connectivity index (χ4n) is 3.24. The number of carbonyl (C=O) groups is 1. The number of fused-ring (bicyclic) bond motifs is 3. The maximum atomic E-state index is 11.6. The predicted octanol–water partition coefficient (Wildman–Crippen LogP) is 2.69.